The molecule has 0 unspecified atom stereocenters. The van der Waals surface area contributed by atoms with Crippen LogP contribution in [0.2, 0.25) is 0 Å². The van der Waals surface area contributed by atoms with Gasteiger partial charge < -0.3 is 10.5 Å². The molecule has 0 fully saturated rings. The lowest BCUT2D eigenvalue weighted by atomic mass is 10.1. The van der Waals surface area contributed by atoms with Crippen molar-refractivity contribution in [3.63, 3.8) is 0 Å². The summed E-state index contributed by atoms with van der Waals surface area (Å²) >= 11 is 5.27. The molecule has 1 atom stereocenters. The molecule has 0 aliphatic carbocycles. The van der Waals surface area contributed by atoms with Crippen LogP contribution in [-0.4, -0.2) is 0 Å². The van der Waals surface area contributed by atoms with Gasteiger partial charge in [0.2, 0.25) is 0 Å². The van der Waals surface area contributed by atoms with Gasteiger partial charge in [0.15, 0.2) is 0 Å². The third-order valence-corrected chi connectivity index (χ3v) is 4.60. The van der Waals surface area contributed by atoms with Crippen LogP contribution < -0.4 is 10.5 Å². The van der Waals surface area contributed by atoms with Crippen LogP contribution in [0.3, 0.4) is 0 Å². The number of ether oxygens (including phenoxy) is 1. The summed E-state index contributed by atoms with van der Waals surface area (Å²) in [5.74, 6) is 0.857. The lowest BCUT2D eigenvalue weighted by Gasteiger charge is -2.14. The van der Waals surface area contributed by atoms with E-state index < -0.39 is 0 Å². The number of aryl methyl sites for hydroxylation is 1. The third-order valence-electron chi connectivity index (χ3n) is 2.90. The fourth-order valence-corrected chi connectivity index (χ4v) is 3.06. The third kappa shape index (κ3) is 3.81. The van der Waals surface area contributed by atoms with Crippen LogP contribution in [0.5, 0.6) is 5.75 Å². The largest absolute Gasteiger partial charge is 0.488 e. The van der Waals surface area contributed by atoms with Crippen LogP contribution in [0.4, 0.5) is 0 Å². The van der Waals surface area contributed by atoms with Gasteiger partial charge >= 0.3 is 0 Å². The second-order valence-corrected chi connectivity index (χ2v) is 6.65. The second-order valence-electron chi connectivity index (χ2n) is 4.48. The molecule has 0 aliphatic rings. The van der Waals surface area contributed by atoms with E-state index >= 15 is 0 Å². The van der Waals surface area contributed by atoms with Crippen LogP contribution >= 0.6 is 27.3 Å². The number of benzene rings is 1. The lowest BCUT2D eigenvalue weighted by Crippen LogP contribution is -2.07. The number of nitrogens with two attached hydrogens (primary N) is 1. The molecule has 0 aliphatic heterocycles. The first-order chi connectivity index (χ1) is 9.10. The first-order valence-electron chi connectivity index (χ1n) is 6.35. The van der Waals surface area contributed by atoms with Gasteiger partial charge in [-0.25, -0.2) is 0 Å². The van der Waals surface area contributed by atoms with E-state index in [2.05, 4.69) is 35.0 Å². The van der Waals surface area contributed by atoms with E-state index in [0.717, 1.165) is 22.2 Å². The predicted molar refractivity (Wildman–Crippen MR) is 84.8 cm³/mol. The molecular weight excluding hydrogens is 322 g/mol. The van der Waals surface area contributed by atoms with Crippen LogP contribution in [0.25, 0.3) is 0 Å². The van der Waals surface area contributed by atoms with Gasteiger partial charge in [-0.15, -0.1) is 11.3 Å². The van der Waals surface area contributed by atoms with Crippen molar-refractivity contribution in [2.24, 2.45) is 5.73 Å². The number of hydrogen-bond donors (Lipinski definition) is 1. The maximum Gasteiger partial charge on any atom is 0.125 e. The lowest BCUT2D eigenvalue weighted by molar-refractivity contribution is 0.305. The quantitative estimate of drug-likeness (QED) is 0.858. The first kappa shape index (κ1) is 14.6. The molecule has 0 saturated carbocycles. The molecular formula is C15H18BrNOS. The van der Waals surface area contributed by atoms with Gasteiger partial charge in [-0.3, -0.25) is 0 Å². The maximum atomic E-state index is 5.97. The Labute approximate surface area is 126 Å². The van der Waals surface area contributed by atoms with Gasteiger partial charge in [0.25, 0.3) is 0 Å². The molecule has 1 aromatic carbocycles. The van der Waals surface area contributed by atoms with E-state index in [9.17, 15) is 0 Å². The van der Waals surface area contributed by atoms with Crippen LogP contribution in [0.1, 0.15) is 35.2 Å². The zero-order valence-electron chi connectivity index (χ0n) is 11.2. The Balaban J connectivity index is 2.12. The first-order valence-corrected chi connectivity index (χ1v) is 7.96. The molecule has 19 heavy (non-hydrogen) atoms. The fraction of sp³-hybridized carbons (Fsp3) is 0.333. The summed E-state index contributed by atoms with van der Waals surface area (Å²) in [7, 11) is 0. The molecule has 1 aromatic heterocycles. The number of halogens is 1. The average molecular weight is 340 g/mol. The van der Waals surface area contributed by atoms with Gasteiger partial charge in [-0.05, 0) is 37.6 Å². The Morgan fingerprint density at radius 1 is 1.26 bits per heavy atom. The minimum Gasteiger partial charge on any atom is -0.488 e. The standard InChI is InChI=1S/C15H18BrNOS/c1-3-12-5-6-13(19-12)9-18-15-8-11(16)4-7-14(15)10(2)17/h4-8,10H,3,9,17H2,1-2H3/t10-/m0/s1. The summed E-state index contributed by atoms with van der Waals surface area (Å²) in [4.78, 5) is 2.63. The van der Waals surface area contributed by atoms with E-state index in [4.69, 9.17) is 10.5 Å². The Bertz CT molecular complexity index is 551. The molecule has 2 aromatic rings. The highest BCUT2D eigenvalue weighted by molar-refractivity contribution is 9.10. The Morgan fingerprint density at radius 3 is 2.63 bits per heavy atom. The molecule has 2 rings (SSSR count). The molecule has 2 nitrogen and oxygen atoms in total. The van der Waals surface area contributed by atoms with Crippen LogP contribution in [0, 0.1) is 0 Å². The molecule has 0 saturated heterocycles. The second kappa shape index (κ2) is 6.55. The Morgan fingerprint density at radius 2 is 2.00 bits per heavy atom. The van der Waals surface area contributed by atoms with Gasteiger partial charge in [0, 0.05) is 25.8 Å². The Hall–Kier alpha value is -0.840. The summed E-state index contributed by atoms with van der Waals surface area (Å²) in [6.45, 7) is 4.73. The van der Waals surface area contributed by atoms with E-state index in [1.54, 1.807) is 11.3 Å². The summed E-state index contributed by atoms with van der Waals surface area (Å²) in [5, 5.41) is 0. The summed E-state index contributed by atoms with van der Waals surface area (Å²) < 4.78 is 6.93. The molecule has 1 heterocycles. The van der Waals surface area contributed by atoms with Gasteiger partial charge in [0.05, 0.1) is 0 Å². The highest BCUT2D eigenvalue weighted by Crippen LogP contribution is 2.29. The van der Waals surface area contributed by atoms with Crippen molar-refractivity contribution >= 4 is 27.3 Å². The molecule has 0 spiro atoms. The highest BCUT2D eigenvalue weighted by Gasteiger charge is 2.09. The van der Waals surface area contributed by atoms with E-state index in [1.165, 1.54) is 9.75 Å². The monoisotopic (exact) mass is 339 g/mol. The van der Waals surface area contributed by atoms with Crippen molar-refractivity contribution in [2.45, 2.75) is 32.9 Å². The van der Waals surface area contributed by atoms with Crippen LogP contribution in [-0.2, 0) is 13.0 Å². The molecule has 0 bridgehead atoms. The summed E-state index contributed by atoms with van der Waals surface area (Å²) in [6, 6.07) is 10.2. The smallest absolute Gasteiger partial charge is 0.125 e. The number of rotatable bonds is 5. The van der Waals surface area contributed by atoms with Gasteiger partial charge in [-0.2, -0.15) is 0 Å². The molecule has 2 N–H and O–H groups in total. The average Bonchev–Trinajstić information content (AvgIpc) is 2.84. The molecule has 4 heteroatoms. The van der Waals surface area contributed by atoms with Crippen molar-refractivity contribution < 1.29 is 4.74 Å². The normalized spacial score (nSPS) is 12.4. The molecule has 102 valence electrons. The predicted octanol–water partition coefficient (Wildman–Crippen LogP) is 4.67. The van der Waals surface area contributed by atoms with Gasteiger partial charge in [0.1, 0.15) is 12.4 Å². The van der Waals surface area contributed by atoms with Crippen molar-refractivity contribution in [1.29, 1.82) is 0 Å². The van der Waals surface area contributed by atoms with Crippen molar-refractivity contribution in [1.82, 2.24) is 0 Å². The summed E-state index contributed by atoms with van der Waals surface area (Å²) in [6.07, 6.45) is 1.08. The summed E-state index contributed by atoms with van der Waals surface area (Å²) in [5.41, 5.74) is 7.00. The topological polar surface area (TPSA) is 35.2 Å². The van der Waals surface area contributed by atoms with E-state index in [1.807, 2.05) is 25.1 Å². The minimum absolute atomic E-state index is 0.0300. The minimum atomic E-state index is -0.0300. The number of thiophene rings is 1. The van der Waals surface area contributed by atoms with Crippen molar-refractivity contribution in [3.8, 4) is 5.75 Å². The number of hydrogen-bond acceptors (Lipinski definition) is 3. The van der Waals surface area contributed by atoms with Crippen molar-refractivity contribution in [3.05, 3.63) is 50.1 Å². The Kier molecular flexibility index (Phi) is 5.02. The zero-order chi connectivity index (χ0) is 13.8. The highest BCUT2D eigenvalue weighted by atomic mass is 79.9. The maximum absolute atomic E-state index is 5.97. The van der Waals surface area contributed by atoms with E-state index in [-0.39, 0.29) is 6.04 Å². The van der Waals surface area contributed by atoms with Gasteiger partial charge in [-0.1, -0.05) is 28.9 Å². The molecule has 0 radical (unpaired) electrons. The fourth-order valence-electron chi connectivity index (χ4n) is 1.85. The van der Waals surface area contributed by atoms with E-state index in [0.29, 0.717) is 6.61 Å². The molecule has 0 amide bonds. The zero-order valence-corrected chi connectivity index (χ0v) is 13.6. The van der Waals surface area contributed by atoms with Crippen LogP contribution in [0.15, 0.2) is 34.8 Å². The SMILES string of the molecule is CCc1ccc(COc2cc(Br)ccc2[C@H](C)N)s1. The van der Waals surface area contributed by atoms with Crippen molar-refractivity contribution in [2.75, 3.05) is 0 Å².